The minimum atomic E-state index is -1.79. The quantitative estimate of drug-likeness (QED) is 0.0284. The summed E-state index contributed by atoms with van der Waals surface area (Å²) in [6, 6.07) is -0.935. The van der Waals surface area contributed by atoms with E-state index >= 15 is 0 Å². The topological polar surface area (TPSA) is 228 Å². The normalized spacial score (nSPS) is 27.9. The van der Waals surface area contributed by atoms with Crippen LogP contribution in [0, 0.1) is 0 Å². The molecule has 0 aromatic carbocycles. The monoisotopic (exact) mass is 918 g/mol. The average molecular weight is 918 g/mol. The van der Waals surface area contributed by atoms with Crippen LogP contribution < -0.4 is 5.32 Å². The van der Waals surface area contributed by atoms with E-state index in [1.54, 1.807) is 6.08 Å². The van der Waals surface area contributed by atoms with Crippen molar-refractivity contribution < 1.29 is 64.6 Å². The number of nitrogens with one attached hydrogen (secondary N) is 1. The molecular weight excluding hydrogens is 835 g/mol. The number of hydrogen-bond acceptors (Lipinski definition) is 13. The van der Waals surface area contributed by atoms with E-state index in [9.17, 15) is 45.6 Å². The zero-order valence-electron chi connectivity index (χ0n) is 38.9. The third-order valence-electron chi connectivity index (χ3n) is 11.0. The third-order valence-corrected chi connectivity index (χ3v) is 11.0. The summed E-state index contributed by atoms with van der Waals surface area (Å²) in [5, 5.41) is 86.2. The van der Waals surface area contributed by atoms with Crippen molar-refractivity contribution >= 4 is 5.91 Å². The van der Waals surface area contributed by atoms with Crippen molar-refractivity contribution in [1.29, 1.82) is 0 Å². The molecule has 14 nitrogen and oxygen atoms in total. The van der Waals surface area contributed by atoms with Crippen LogP contribution in [0.25, 0.3) is 0 Å². The van der Waals surface area contributed by atoms with Gasteiger partial charge in [-0.1, -0.05) is 137 Å². The fraction of sp³-hybridized carbons (Fsp3) is 0.667. The molecular formula is C51H83NO13. The lowest BCUT2D eigenvalue weighted by Gasteiger charge is -2.46. The average Bonchev–Trinajstić information content (AvgIpc) is 3.30. The summed E-state index contributed by atoms with van der Waals surface area (Å²) >= 11 is 0. The molecule has 2 fully saturated rings. The number of allylic oxidation sites excluding steroid dienone is 15. The molecule has 0 aromatic rings. The van der Waals surface area contributed by atoms with Crippen molar-refractivity contribution in [3.63, 3.8) is 0 Å². The number of unbranched alkanes of at least 4 members (excludes halogenated alkanes) is 7. The van der Waals surface area contributed by atoms with Gasteiger partial charge in [0, 0.05) is 6.42 Å². The molecule has 0 saturated carbocycles. The van der Waals surface area contributed by atoms with Crippen molar-refractivity contribution in [2.45, 2.75) is 197 Å². The zero-order chi connectivity index (χ0) is 47.5. The fourth-order valence-electron chi connectivity index (χ4n) is 7.09. The smallest absolute Gasteiger partial charge is 0.220 e. The molecule has 14 heteroatoms. The highest BCUT2D eigenvalue weighted by atomic mass is 16.7. The van der Waals surface area contributed by atoms with Crippen LogP contribution in [0.15, 0.2) is 97.2 Å². The number of amides is 1. The maximum Gasteiger partial charge on any atom is 0.220 e. The van der Waals surface area contributed by atoms with Crippen LogP contribution in [0.1, 0.15) is 123 Å². The van der Waals surface area contributed by atoms with E-state index < -0.39 is 86.8 Å². The van der Waals surface area contributed by atoms with Crippen LogP contribution >= 0.6 is 0 Å². The van der Waals surface area contributed by atoms with E-state index in [1.165, 1.54) is 0 Å². The molecule has 0 radical (unpaired) electrons. The van der Waals surface area contributed by atoms with Crippen LogP contribution in [-0.4, -0.2) is 140 Å². The number of hydrogen-bond donors (Lipinski definition) is 9. The van der Waals surface area contributed by atoms with Crippen LogP contribution in [0.5, 0.6) is 0 Å². The molecule has 0 spiro atoms. The van der Waals surface area contributed by atoms with Crippen LogP contribution in [-0.2, 0) is 23.7 Å². The summed E-state index contributed by atoms with van der Waals surface area (Å²) < 4.78 is 22.5. The summed E-state index contributed by atoms with van der Waals surface area (Å²) in [5.41, 5.74) is 0. The van der Waals surface area contributed by atoms with Crippen molar-refractivity contribution in [3.05, 3.63) is 97.2 Å². The Labute approximate surface area is 388 Å². The largest absolute Gasteiger partial charge is 0.394 e. The molecule has 9 N–H and O–H groups in total. The molecule has 65 heavy (non-hydrogen) atoms. The lowest BCUT2D eigenvalue weighted by Crippen LogP contribution is -2.65. The van der Waals surface area contributed by atoms with Gasteiger partial charge in [-0.3, -0.25) is 4.79 Å². The second kappa shape index (κ2) is 37.0. The Morgan fingerprint density at radius 2 is 1.06 bits per heavy atom. The SMILES string of the molecule is CC/C=C\C/C=C\C/C=C\C/C=C\C/C=C\C/C=C\C/C=C\CCCCCC(=O)NC(COC1OC(CO)C(OC2OC(CO)C(O)C(O)C2O)C(O)C1O)C(O)/C=C/CCCCCC. The first-order valence-electron chi connectivity index (χ1n) is 24.0. The van der Waals surface area contributed by atoms with Gasteiger partial charge in [-0.15, -0.1) is 0 Å². The summed E-state index contributed by atoms with van der Waals surface area (Å²) in [4.78, 5) is 13.1. The molecule has 2 heterocycles. The maximum atomic E-state index is 13.1. The Morgan fingerprint density at radius 1 is 0.569 bits per heavy atom. The van der Waals surface area contributed by atoms with Gasteiger partial charge in [-0.2, -0.15) is 0 Å². The summed E-state index contributed by atoms with van der Waals surface area (Å²) in [6.07, 6.45) is 32.1. The van der Waals surface area contributed by atoms with Gasteiger partial charge in [0.1, 0.15) is 48.8 Å². The second-order valence-corrected chi connectivity index (χ2v) is 16.5. The molecule has 2 aliphatic heterocycles. The number of aliphatic hydroxyl groups excluding tert-OH is 8. The Balaban J connectivity index is 1.76. The molecule has 12 atom stereocenters. The van der Waals surface area contributed by atoms with E-state index in [0.29, 0.717) is 6.42 Å². The van der Waals surface area contributed by atoms with Crippen molar-refractivity contribution in [2.24, 2.45) is 0 Å². The molecule has 2 saturated heterocycles. The highest BCUT2D eigenvalue weighted by molar-refractivity contribution is 5.76. The van der Waals surface area contributed by atoms with E-state index in [-0.39, 0.29) is 18.9 Å². The van der Waals surface area contributed by atoms with E-state index in [4.69, 9.17) is 18.9 Å². The van der Waals surface area contributed by atoms with Gasteiger partial charge >= 0.3 is 0 Å². The molecule has 0 aliphatic carbocycles. The minimum Gasteiger partial charge on any atom is -0.394 e. The Hall–Kier alpha value is -3.09. The number of rotatable bonds is 34. The van der Waals surface area contributed by atoms with Gasteiger partial charge in [-0.25, -0.2) is 0 Å². The maximum absolute atomic E-state index is 13.1. The van der Waals surface area contributed by atoms with E-state index in [1.807, 2.05) is 6.08 Å². The molecule has 2 rings (SSSR count). The first-order chi connectivity index (χ1) is 31.6. The number of carbonyl (C=O) groups excluding carboxylic acids is 1. The highest BCUT2D eigenvalue weighted by Gasteiger charge is 2.51. The predicted molar refractivity (Wildman–Crippen MR) is 253 cm³/mol. The van der Waals surface area contributed by atoms with Gasteiger partial charge < -0.3 is 65.1 Å². The van der Waals surface area contributed by atoms with E-state index in [2.05, 4.69) is 104 Å². The van der Waals surface area contributed by atoms with Gasteiger partial charge in [0.05, 0.1) is 32.0 Å². The van der Waals surface area contributed by atoms with Gasteiger partial charge in [0.15, 0.2) is 12.6 Å². The Kier molecular flexibility index (Phi) is 33.0. The summed E-state index contributed by atoms with van der Waals surface area (Å²) in [5.74, 6) is -0.284. The number of ether oxygens (including phenoxy) is 4. The first kappa shape index (κ1) is 58.0. The van der Waals surface area contributed by atoms with Crippen LogP contribution in [0.3, 0.4) is 0 Å². The minimum absolute atomic E-state index is 0.233. The Bertz CT molecular complexity index is 1460. The molecule has 1 amide bonds. The lowest BCUT2D eigenvalue weighted by molar-refractivity contribution is -0.359. The van der Waals surface area contributed by atoms with E-state index in [0.717, 1.165) is 96.3 Å². The van der Waals surface area contributed by atoms with Gasteiger partial charge in [0.25, 0.3) is 0 Å². The van der Waals surface area contributed by atoms with Crippen LogP contribution in [0.4, 0.5) is 0 Å². The summed E-state index contributed by atoms with van der Waals surface area (Å²) in [6.45, 7) is 2.51. The predicted octanol–water partition coefficient (Wildman–Crippen LogP) is 5.59. The first-order valence-corrected chi connectivity index (χ1v) is 24.0. The lowest BCUT2D eigenvalue weighted by atomic mass is 9.97. The Morgan fingerprint density at radius 3 is 1.60 bits per heavy atom. The van der Waals surface area contributed by atoms with Crippen molar-refractivity contribution in [3.8, 4) is 0 Å². The third kappa shape index (κ3) is 24.5. The molecule has 12 unspecified atom stereocenters. The standard InChI is InChI=1S/C51H83NO13/c1-3-5-7-9-11-12-13-14-15-16-17-18-19-20-21-22-23-24-25-26-27-28-29-31-33-35-43(56)52-39(40(55)34-32-30-10-8-6-4-2)38-62-50-48(61)46(59)49(42(37-54)64-50)65-51-47(60)45(58)44(57)41(36-53)63-51/h5,7,11-12,14-15,17-18,20-21,23-24,26-27,32,34,39-42,44-51,53-55,57-61H,3-4,6,8-10,13,16,19,22,25,28-31,33,35-38H2,1-2H3,(H,52,56)/b7-5-,12-11-,15-14-,18-17-,21-20-,24-23-,27-26-,34-32+. The number of aliphatic hydroxyl groups is 8. The number of carbonyl (C=O) groups is 1. The molecule has 2 aliphatic rings. The second-order valence-electron chi connectivity index (χ2n) is 16.5. The zero-order valence-corrected chi connectivity index (χ0v) is 38.9. The van der Waals surface area contributed by atoms with Crippen molar-refractivity contribution in [1.82, 2.24) is 5.32 Å². The van der Waals surface area contributed by atoms with Crippen molar-refractivity contribution in [2.75, 3.05) is 19.8 Å². The van der Waals surface area contributed by atoms with Gasteiger partial charge in [0.2, 0.25) is 5.91 Å². The highest BCUT2D eigenvalue weighted by Crippen LogP contribution is 2.30. The van der Waals surface area contributed by atoms with Crippen LogP contribution in [0.2, 0.25) is 0 Å². The molecule has 0 bridgehead atoms. The molecule has 0 aromatic heterocycles. The van der Waals surface area contributed by atoms with Gasteiger partial charge in [-0.05, 0) is 77.0 Å². The molecule has 370 valence electrons. The fourth-order valence-corrected chi connectivity index (χ4v) is 7.09. The summed E-state index contributed by atoms with van der Waals surface area (Å²) in [7, 11) is 0.